The van der Waals surface area contributed by atoms with E-state index < -0.39 is 4.92 Å². The normalized spacial score (nSPS) is 15.3. The van der Waals surface area contributed by atoms with Gasteiger partial charge in [0.2, 0.25) is 5.95 Å². The van der Waals surface area contributed by atoms with Gasteiger partial charge in [0.15, 0.2) is 5.82 Å². The smallest absolute Gasteiger partial charge is 0.415 e. The molecule has 5 rings (SSSR count). The number of nitro groups is 1. The Bertz CT molecular complexity index is 1420. The van der Waals surface area contributed by atoms with Gasteiger partial charge >= 0.3 is 6.09 Å². The zero-order chi connectivity index (χ0) is 25.9. The first-order chi connectivity index (χ1) is 17.9. The predicted molar refractivity (Wildman–Crippen MR) is 145 cm³/mol. The van der Waals surface area contributed by atoms with Gasteiger partial charge in [0.1, 0.15) is 6.61 Å². The Balaban J connectivity index is 1.24. The first-order valence-corrected chi connectivity index (χ1v) is 12.8. The quantitative estimate of drug-likeness (QED) is 0.205. The summed E-state index contributed by atoms with van der Waals surface area (Å²) in [5.41, 5.74) is 3.64. The number of carbonyl (C=O) groups excluding carboxylic acids is 1. The lowest BCUT2D eigenvalue weighted by molar-refractivity contribution is -0.384. The molecule has 4 aromatic rings. The number of ether oxygens (including phenoxy) is 1. The summed E-state index contributed by atoms with van der Waals surface area (Å²) in [5.74, 6) is 1.29. The average Bonchev–Trinajstić information content (AvgIpc) is 3.51. The summed E-state index contributed by atoms with van der Waals surface area (Å²) >= 11 is 1.51. The van der Waals surface area contributed by atoms with Gasteiger partial charge in [-0.05, 0) is 53.6 Å². The maximum atomic E-state index is 12.5. The van der Waals surface area contributed by atoms with Gasteiger partial charge in [0.05, 0.1) is 21.2 Å². The fourth-order valence-electron chi connectivity index (χ4n) is 4.17. The molecule has 2 N–H and O–H groups in total. The molecule has 1 aliphatic rings. The number of rotatable bonds is 9. The van der Waals surface area contributed by atoms with Crippen LogP contribution in [-0.4, -0.2) is 40.2 Å². The van der Waals surface area contributed by atoms with Crippen molar-refractivity contribution in [3.05, 3.63) is 75.7 Å². The van der Waals surface area contributed by atoms with E-state index in [2.05, 4.69) is 29.5 Å². The van der Waals surface area contributed by atoms with Crippen LogP contribution in [0.2, 0.25) is 0 Å². The third-order valence-corrected chi connectivity index (χ3v) is 7.11. The van der Waals surface area contributed by atoms with Crippen LogP contribution in [0.1, 0.15) is 19.4 Å². The van der Waals surface area contributed by atoms with Crippen LogP contribution in [0.3, 0.4) is 0 Å². The highest BCUT2D eigenvalue weighted by molar-refractivity contribution is 7.17. The molecule has 10 nitrogen and oxygen atoms in total. The van der Waals surface area contributed by atoms with Crippen LogP contribution >= 0.6 is 11.3 Å². The molecule has 1 aliphatic heterocycles. The predicted octanol–water partition coefficient (Wildman–Crippen LogP) is 5.98. The van der Waals surface area contributed by atoms with Crippen LogP contribution in [0, 0.1) is 16.0 Å². The molecule has 2 aromatic heterocycles. The molecule has 3 heterocycles. The minimum Gasteiger partial charge on any atom is -0.447 e. The molecule has 1 fully saturated rings. The summed E-state index contributed by atoms with van der Waals surface area (Å²) in [6, 6.07) is 16.1. The van der Waals surface area contributed by atoms with Crippen LogP contribution in [0.25, 0.3) is 10.2 Å². The first kappa shape index (κ1) is 24.4. The fourth-order valence-corrected chi connectivity index (χ4v) is 4.98. The van der Waals surface area contributed by atoms with E-state index in [1.165, 1.54) is 23.5 Å². The molecule has 11 heteroatoms. The molecular weight excluding hydrogens is 492 g/mol. The fraction of sp³-hybridized carbons (Fsp3) is 0.269. The van der Waals surface area contributed by atoms with Crippen molar-refractivity contribution in [1.82, 2.24) is 9.97 Å². The van der Waals surface area contributed by atoms with Crippen molar-refractivity contribution in [2.45, 2.75) is 26.3 Å². The van der Waals surface area contributed by atoms with Crippen molar-refractivity contribution in [3.8, 4) is 0 Å². The average molecular weight is 519 g/mol. The highest BCUT2D eigenvalue weighted by Crippen LogP contribution is 2.35. The van der Waals surface area contributed by atoms with E-state index in [4.69, 9.17) is 9.72 Å². The number of anilines is 4. The maximum absolute atomic E-state index is 12.5. The first-order valence-electron chi connectivity index (χ1n) is 11.9. The van der Waals surface area contributed by atoms with Crippen molar-refractivity contribution >= 4 is 56.5 Å². The van der Waals surface area contributed by atoms with Crippen LogP contribution in [0.5, 0.6) is 0 Å². The second-order valence-electron chi connectivity index (χ2n) is 9.07. The number of benzene rings is 2. The second kappa shape index (κ2) is 10.4. The number of non-ortho nitro benzene ring substituents is 1. The van der Waals surface area contributed by atoms with E-state index in [-0.39, 0.29) is 23.7 Å². The van der Waals surface area contributed by atoms with Crippen LogP contribution < -0.4 is 15.5 Å². The van der Waals surface area contributed by atoms with E-state index in [9.17, 15) is 14.9 Å². The van der Waals surface area contributed by atoms with Crippen molar-refractivity contribution < 1.29 is 14.5 Å². The topological polar surface area (TPSA) is 123 Å². The lowest BCUT2D eigenvalue weighted by Gasteiger charge is -2.24. The second-order valence-corrected chi connectivity index (χ2v) is 9.98. The molecule has 1 amide bonds. The van der Waals surface area contributed by atoms with E-state index in [0.717, 1.165) is 33.6 Å². The number of nitro benzene ring substituents is 1. The van der Waals surface area contributed by atoms with Crippen molar-refractivity contribution in [1.29, 1.82) is 0 Å². The molecule has 0 bridgehead atoms. The van der Waals surface area contributed by atoms with Crippen molar-refractivity contribution in [3.63, 3.8) is 0 Å². The van der Waals surface area contributed by atoms with Crippen LogP contribution in [-0.2, 0) is 11.2 Å². The van der Waals surface area contributed by atoms with E-state index >= 15 is 0 Å². The summed E-state index contributed by atoms with van der Waals surface area (Å²) in [4.78, 5) is 33.9. The van der Waals surface area contributed by atoms with Gasteiger partial charge in [-0.3, -0.25) is 15.0 Å². The molecule has 0 saturated carbocycles. The Hall–Kier alpha value is -4.25. The van der Waals surface area contributed by atoms with Gasteiger partial charge in [-0.2, -0.15) is 4.98 Å². The molecule has 0 unspecified atom stereocenters. The van der Waals surface area contributed by atoms with Gasteiger partial charge < -0.3 is 15.4 Å². The highest BCUT2D eigenvalue weighted by atomic mass is 32.1. The van der Waals surface area contributed by atoms with E-state index in [1.807, 2.05) is 35.7 Å². The Labute approximate surface area is 217 Å². The third kappa shape index (κ3) is 5.31. The number of aromatic nitrogens is 2. The SMILES string of the molecule is CC(C)[C@H]1COC(=O)N1c1nc(NCCc2ccc(Nc3ccc([N+](=O)[O-])cc3)cc2)nc2ccsc12. The van der Waals surface area contributed by atoms with Gasteiger partial charge in [-0.25, -0.2) is 9.78 Å². The van der Waals surface area contributed by atoms with Gasteiger partial charge in [-0.1, -0.05) is 26.0 Å². The molecule has 0 aliphatic carbocycles. The number of thiophene rings is 1. The number of cyclic esters (lactones) is 1. The number of nitrogens with zero attached hydrogens (tertiary/aromatic N) is 4. The molecular formula is C26H26N6O4S. The molecule has 37 heavy (non-hydrogen) atoms. The Morgan fingerprint density at radius 2 is 1.81 bits per heavy atom. The molecule has 0 spiro atoms. The summed E-state index contributed by atoms with van der Waals surface area (Å²) in [6.07, 6.45) is 0.374. The number of hydrogen-bond acceptors (Lipinski definition) is 9. The summed E-state index contributed by atoms with van der Waals surface area (Å²) in [6.45, 7) is 5.10. The maximum Gasteiger partial charge on any atom is 0.415 e. The number of nitrogens with one attached hydrogen (secondary N) is 2. The monoisotopic (exact) mass is 518 g/mol. The number of fused-ring (bicyclic) bond motifs is 1. The Morgan fingerprint density at radius 3 is 2.49 bits per heavy atom. The van der Waals surface area contributed by atoms with Crippen LogP contribution in [0.4, 0.5) is 33.6 Å². The minimum atomic E-state index is -0.417. The van der Waals surface area contributed by atoms with Crippen molar-refractivity contribution in [2.75, 3.05) is 28.7 Å². The van der Waals surface area contributed by atoms with Crippen LogP contribution in [0.15, 0.2) is 60.0 Å². The molecule has 0 radical (unpaired) electrons. The number of amides is 1. The van der Waals surface area contributed by atoms with Gasteiger partial charge in [-0.15, -0.1) is 11.3 Å². The van der Waals surface area contributed by atoms with Gasteiger partial charge in [0.25, 0.3) is 5.69 Å². The highest BCUT2D eigenvalue weighted by Gasteiger charge is 2.38. The zero-order valence-electron chi connectivity index (χ0n) is 20.4. The summed E-state index contributed by atoms with van der Waals surface area (Å²) < 4.78 is 6.21. The lowest BCUT2D eigenvalue weighted by Crippen LogP contribution is -2.38. The molecule has 2 aromatic carbocycles. The van der Waals surface area contributed by atoms with E-state index in [1.54, 1.807) is 17.0 Å². The largest absolute Gasteiger partial charge is 0.447 e. The third-order valence-electron chi connectivity index (χ3n) is 6.21. The zero-order valence-corrected chi connectivity index (χ0v) is 21.2. The molecule has 190 valence electrons. The minimum absolute atomic E-state index is 0.0581. The summed E-state index contributed by atoms with van der Waals surface area (Å²) in [7, 11) is 0. The number of hydrogen-bond donors (Lipinski definition) is 2. The molecule has 1 atom stereocenters. The number of carbonyl (C=O) groups is 1. The lowest BCUT2D eigenvalue weighted by atomic mass is 10.0. The molecule has 1 saturated heterocycles. The summed E-state index contributed by atoms with van der Waals surface area (Å²) in [5, 5.41) is 19.3. The van der Waals surface area contributed by atoms with Gasteiger partial charge in [0, 0.05) is 30.1 Å². The Morgan fingerprint density at radius 1 is 1.11 bits per heavy atom. The Kier molecular flexibility index (Phi) is 6.87. The standard InChI is InChI=1S/C26H26N6O4S/c1-16(2)22-15-36-26(33)31(22)24-23-21(12-14-37-23)29-25(30-24)27-13-11-17-3-5-18(6-4-17)28-19-7-9-20(10-8-19)32(34)35/h3-10,12,14,16,22,28H,11,13,15H2,1-2H3,(H,27,29,30)/t22-/m1/s1. The van der Waals surface area contributed by atoms with Crippen molar-refractivity contribution in [2.24, 2.45) is 5.92 Å². The van der Waals surface area contributed by atoms with E-state index in [0.29, 0.717) is 24.9 Å².